The summed E-state index contributed by atoms with van der Waals surface area (Å²) in [4.78, 5) is 12.0. The molecule has 2 aromatic carbocycles. The SMILES string of the molecule is CCS[C@@H]1O[C@@H]2COC(c3ccc(OC)cc3)O[C@H]2[C@H](OCc2ccccc2)[C@H]1OC(C)=O. The summed E-state index contributed by atoms with van der Waals surface area (Å²) in [5.74, 6) is 1.18. The highest BCUT2D eigenvalue weighted by Crippen LogP contribution is 2.39. The number of hydrogen-bond acceptors (Lipinski definition) is 8. The molecule has 0 spiro atoms. The van der Waals surface area contributed by atoms with E-state index in [1.165, 1.54) is 6.92 Å². The number of ether oxygens (including phenoxy) is 6. The molecule has 0 bridgehead atoms. The number of hydrogen-bond donors (Lipinski definition) is 0. The summed E-state index contributed by atoms with van der Waals surface area (Å²) in [6.07, 6.45) is -2.51. The van der Waals surface area contributed by atoms with Gasteiger partial charge < -0.3 is 28.4 Å². The van der Waals surface area contributed by atoms with Crippen LogP contribution in [0.3, 0.4) is 0 Å². The number of carbonyl (C=O) groups excluding carboxylic acids is 1. The maximum absolute atomic E-state index is 12.0. The zero-order chi connectivity index (χ0) is 23.2. The van der Waals surface area contributed by atoms with Gasteiger partial charge in [0.2, 0.25) is 0 Å². The van der Waals surface area contributed by atoms with E-state index in [-0.39, 0.29) is 17.5 Å². The van der Waals surface area contributed by atoms with Crippen LogP contribution < -0.4 is 4.74 Å². The monoisotopic (exact) mass is 474 g/mol. The van der Waals surface area contributed by atoms with Crippen LogP contribution in [0, 0.1) is 0 Å². The number of benzene rings is 2. The molecular weight excluding hydrogens is 444 g/mol. The van der Waals surface area contributed by atoms with E-state index in [2.05, 4.69) is 0 Å². The third kappa shape index (κ3) is 5.88. The average Bonchev–Trinajstić information content (AvgIpc) is 2.84. The average molecular weight is 475 g/mol. The van der Waals surface area contributed by atoms with Gasteiger partial charge in [0.05, 0.1) is 20.3 Å². The maximum atomic E-state index is 12.0. The molecule has 8 heteroatoms. The minimum Gasteiger partial charge on any atom is -0.497 e. The Labute approximate surface area is 198 Å². The van der Waals surface area contributed by atoms with E-state index in [9.17, 15) is 4.79 Å². The smallest absolute Gasteiger partial charge is 0.303 e. The Hall–Kier alpha value is -2.10. The highest BCUT2D eigenvalue weighted by molar-refractivity contribution is 7.99. The molecule has 2 fully saturated rings. The summed E-state index contributed by atoms with van der Waals surface area (Å²) in [6.45, 7) is 4.16. The van der Waals surface area contributed by atoms with Crippen molar-refractivity contribution in [2.75, 3.05) is 19.5 Å². The number of rotatable bonds is 8. The second kappa shape index (κ2) is 11.4. The van der Waals surface area contributed by atoms with Crippen molar-refractivity contribution >= 4 is 17.7 Å². The topological polar surface area (TPSA) is 72.5 Å². The second-order valence-corrected chi connectivity index (χ2v) is 9.25. The Morgan fingerprint density at radius 1 is 1.06 bits per heavy atom. The lowest BCUT2D eigenvalue weighted by Gasteiger charge is -2.48. The number of carbonyl (C=O) groups is 1. The van der Waals surface area contributed by atoms with E-state index in [0.29, 0.717) is 13.2 Å². The first kappa shape index (κ1) is 24.0. The van der Waals surface area contributed by atoms with Crippen molar-refractivity contribution in [3.05, 3.63) is 65.7 Å². The van der Waals surface area contributed by atoms with Crippen LogP contribution in [-0.4, -0.2) is 55.3 Å². The molecule has 0 radical (unpaired) electrons. The molecule has 0 aromatic heterocycles. The molecule has 33 heavy (non-hydrogen) atoms. The number of thioether (sulfide) groups is 1. The number of methoxy groups -OCH3 is 1. The van der Waals surface area contributed by atoms with Crippen molar-refractivity contribution in [3.8, 4) is 5.75 Å². The van der Waals surface area contributed by atoms with Gasteiger partial charge in [-0.15, -0.1) is 11.8 Å². The van der Waals surface area contributed by atoms with Crippen molar-refractivity contribution in [2.45, 2.75) is 56.6 Å². The van der Waals surface area contributed by atoms with E-state index in [0.717, 1.165) is 22.6 Å². The van der Waals surface area contributed by atoms with Gasteiger partial charge in [-0.3, -0.25) is 4.79 Å². The summed E-state index contributed by atoms with van der Waals surface area (Å²) in [5, 5.41) is 0. The normalized spacial score (nSPS) is 29.2. The quantitative estimate of drug-likeness (QED) is 0.530. The van der Waals surface area contributed by atoms with Gasteiger partial charge in [0.1, 0.15) is 29.5 Å². The van der Waals surface area contributed by atoms with E-state index in [4.69, 9.17) is 28.4 Å². The lowest BCUT2D eigenvalue weighted by atomic mass is 9.98. The lowest BCUT2D eigenvalue weighted by Crippen LogP contribution is -2.62. The van der Waals surface area contributed by atoms with Crippen LogP contribution in [0.5, 0.6) is 5.75 Å². The van der Waals surface area contributed by atoms with Gasteiger partial charge in [-0.1, -0.05) is 49.4 Å². The predicted molar refractivity (Wildman–Crippen MR) is 124 cm³/mol. The molecule has 1 unspecified atom stereocenters. The van der Waals surface area contributed by atoms with Crippen LogP contribution in [0.4, 0.5) is 0 Å². The van der Waals surface area contributed by atoms with Crippen LogP contribution in [0.1, 0.15) is 31.3 Å². The van der Waals surface area contributed by atoms with Gasteiger partial charge in [-0.25, -0.2) is 0 Å². The fraction of sp³-hybridized carbons (Fsp3) is 0.480. The lowest BCUT2D eigenvalue weighted by molar-refractivity contribution is -0.326. The molecule has 7 nitrogen and oxygen atoms in total. The molecule has 4 rings (SSSR count). The van der Waals surface area contributed by atoms with Crippen molar-refractivity contribution in [3.63, 3.8) is 0 Å². The molecule has 2 aromatic rings. The van der Waals surface area contributed by atoms with Gasteiger partial charge in [-0.05, 0) is 23.4 Å². The summed E-state index contributed by atoms with van der Waals surface area (Å²) < 4.78 is 36.0. The van der Waals surface area contributed by atoms with Crippen LogP contribution in [0.2, 0.25) is 0 Å². The Morgan fingerprint density at radius 2 is 1.82 bits per heavy atom. The van der Waals surface area contributed by atoms with Gasteiger partial charge in [0.15, 0.2) is 12.4 Å². The Balaban J connectivity index is 1.58. The molecule has 2 aliphatic heterocycles. The fourth-order valence-corrected chi connectivity index (χ4v) is 5.00. The number of esters is 1. The highest BCUT2D eigenvalue weighted by Gasteiger charge is 2.52. The Bertz CT molecular complexity index is 891. The fourth-order valence-electron chi connectivity index (χ4n) is 4.05. The summed E-state index contributed by atoms with van der Waals surface area (Å²) >= 11 is 1.58. The second-order valence-electron chi connectivity index (χ2n) is 7.87. The summed E-state index contributed by atoms with van der Waals surface area (Å²) in [7, 11) is 1.63. The maximum Gasteiger partial charge on any atom is 0.303 e. The van der Waals surface area contributed by atoms with Crippen LogP contribution in [0.25, 0.3) is 0 Å². The van der Waals surface area contributed by atoms with Gasteiger partial charge >= 0.3 is 5.97 Å². The molecule has 2 heterocycles. The highest BCUT2D eigenvalue weighted by atomic mass is 32.2. The van der Waals surface area contributed by atoms with E-state index >= 15 is 0 Å². The standard InChI is InChI=1S/C25H30O7S/c1-4-33-25-23(30-16(2)26)22(28-14-17-8-6-5-7-9-17)21-20(31-25)15-29-24(32-21)18-10-12-19(27-3)13-11-18/h5-13,20-25H,4,14-15H2,1-3H3/t20-,21-,22+,23-,24?,25+/m1/s1. The molecule has 178 valence electrons. The van der Waals surface area contributed by atoms with Crippen LogP contribution in [-0.2, 0) is 35.1 Å². The van der Waals surface area contributed by atoms with Gasteiger partial charge in [0.25, 0.3) is 0 Å². The zero-order valence-electron chi connectivity index (χ0n) is 19.0. The van der Waals surface area contributed by atoms with Crippen LogP contribution in [0.15, 0.2) is 54.6 Å². The largest absolute Gasteiger partial charge is 0.497 e. The van der Waals surface area contributed by atoms with Gasteiger partial charge in [0, 0.05) is 12.5 Å². The van der Waals surface area contributed by atoms with Crippen LogP contribution >= 0.6 is 11.8 Å². The van der Waals surface area contributed by atoms with Crippen molar-refractivity contribution in [1.82, 2.24) is 0 Å². The summed E-state index contributed by atoms with van der Waals surface area (Å²) in [5.41, 5.74) is 1.52. The number of fused-ring (bicyclic) bond motifs is 1. The van der Waals surface area contributed by atoms with Crippen molar-refractivity contribution in [2.24, 2.45) is 0 Å². The van der Waals surface area contributed by atoms with Gasteiger partial charge in [-0.2, -0.15) is 0 Å². The molecular formula is C25H30O7S. The summed E-state index contributed by atoms with van der Waals surface area (Å²) in [6, 6.07) is 17.4. The molecule has 2 aliphatic rings. The third-order valence-corrected chi connectivity index (χ3v) is 6.63. The van der Waals surface area contributed by atoms with E-state index in [1.54, 1.807) is 18.9 Å². The first-order valence-electron chi connectivity index (χ1n) is 11.1. The minimum atomic E-state index is -0.605. The van der Waals surface area contributed by atoms with E-state index < -0.39 is 24.6 Å². The molecule has 0 saturated carbocycles. The Morgan fingerprint density at radius 3 is 2.48 bits per heavy atom. The Kier molecular flexibility index (Phi) is 8.27. The minimum absolute atomic E-state index is 0.337. The molecule has 0 amide bonds. The third-order valence-electron chi connectivity index (χ3n) is 5.59. The van der Waals surface area contributed by atoms with E-state index in [1.807, 2.05) is 61.5 Å². The van der Waals surface area contributed by atoms with Crippen molar-refractivity contribution < 1.29 is 33.2 Å². The first-order chi connectivity index (χ1) is 16.1. The molecule has 0 aliphatic carbocycles. The molecule has 0 N–H and O–H groups in total. The predicted octanol–water partition coefficient (Wildman–Crippen LogP) is 4.10. The molecule has 2 saturated heterocycles. The molecule has 6 atom stereocenters. The van der Waals surface area contributed by atoms with Crippen molar-refractivity contribution in [1.29, 1.82) is 0 Å². The first-order valence-corrected chi connectivity index (χ1v) is 12.1. The zero-order valence-corrected chi connectivity index (χ0v) is 19.9.